The molecule has 1 unspecified atom stereocenters. The van der Waals surface area contributed by atoms with Crippen LogP contribution in [0.1, 0.15) is 67.8 Å². The number of nitrogens with zero attached hydrogens (tertiary/aromatic N) is 3. The number of nitrogens with two attached hydrogens (primary N) is 1. The third-order valence-electron chi connectivity index (χ3n) is 7.71. The summed E-state index contributed by atoms with van der Waals surface area (Å²) in [6.07, 6.45) is -1.58. The molecule has 0 bridgehead atoms. The first-order valence-electron chi connectivity index (χ1n) is 12.7. The molecule has 1 amide bonds. The molecule has 0 saturated heterocycles. The highest BCUT2D eigenvalue weighted by Crippen LogP contribution is 2.40. The lowest BCUT2D eigenvalue weighted by molar-refractivity contribution is -0.186. The molecule has 5 rings (SSSR count). The molecule has 2 heterocycles. The lowest BCUT2D eigenvalue weighted by atomic mass is 9.87. The van der Waals surface area contributed by atoms with Gasteiger partial charge in [-0.25, -0.2) is 9.78 Å². The zero-order valence-electron chi connectivity index (χ0n) is 20.0. The first kappa shape index (κ1) is 24.6. The molecule has 2 aliphatic carbocycles. The summed E-state index contributed by atoms with van der Waals surface area (Å²) in [6.45, 7) is 0.369. The van der Waals surface area contributed by atoms with Crippen LogP contribution in [0, 0.1) is 11.8 Å². The number of fused-ring (bicyclic) bond motifs is 1. The third-order valence-corrected chi connectivity index (χ3v) is 7.71. The minimum Gasteiger partial charge on any atom is -0.446 e. The van der Waals surface area contributed by atoms with E-state index < -0.39 is 24.3 Å². The normalized spacial score (nSPS) is 23.1. The molecular weight excluding hydrogens is 473 g/mol. The summed E-state index contributed by atoms with van der Waals surface area (Å²) < 4.78 is 45.8. The number of halogens is 3. The van der Waals surface area contributed by atoms with Gasteiger partial charge < -0.3 is 15.4 Å². The molecule has 3 aliphatic rings. The van der Waals surface area contributed by atoms with E-state index in [4.69, 9.17) is 10.5 Å². The Morgan fingerprint density at radius 3 is 2.44 bits per heavy atom. The number of carbonyl (C=O) groups excluding carboxylic acids is 1. The lowest BCUT2D eigenvalue weighted by Crippen LogP contribution is -2.43. The minimum atomic E-state index is -4.21. The molecule has 1 atom stereocenters. The minimum absolute atomic E-state index is 0.0364. The molecule has 0 spiro atoms. The highest BCUT2D eigenvalue weighted by atomic mass is 19.4. The van der Waals surface area contributed by atoms with Gasteiger partial charge in [0.1, 0.15) is 6.10 Å². The number of ether oxygens (including phenoxy) is 1. The lowest BCUT2D eigenvalue weighted by Gasteiger charge is -2.33. The second kappa shape index (κ2) is 9.78. The number of hydrogen-bond acceptors (Lipinski definition) is 5. The fourth-order valence-corrected chi connectivity index (χ4v) is 5.44. The van der Waals surface area contributed by atoms with Gasteiger partial charge in [-0.05, 0) is 50.0 Å². The van der Waals surface area contributed by atoms with Crippen molar-refractivity contribution < 1.29 is 22.7 Å². The van der Waals surface area contributed by atoms with Crippen molar-refractivity contribution in [3.63, 3.8) is 0 Å². The number of carbonyl (C=O) groups is 1. The Balaban J connectivity index is 1.30. The molecule has 2 saturated carbocycles. The van der Waals surface area contributed by atoms with Crippen LogP contribution in [0.5, 0.6) is 0 Å². The van der Waals surface area contributed by atoms with Crippen LogP contribution in [-0.4, -0.2) is 39.4 Å². The van der Waals surface area contributed by atoms with E-state index in [1.807, 2.05) is 30.3 Å². The number of alkyl halides is 3. The van der Waals surface area contributed by atoms with Crippen molar-refractivity contribution in [2.24, 2.45) is 11.8 Å². The van der Waals surface area contributed by atoms with Gasteiger partial charge in [0.15, 0.2) is 0 Å². The van der Waals surface area contributed by atoms with Crippen LogP contribution >= 0.6 is 0 Å². The van der Waals surface area contributed by atoms with Crippen LogP contribution in [-0.2, 0) is 17.7 Å². The summed E-state index contributed by atoms with van der Waals surface area (Å²) in [5.41, 5.74) is 8.17. The van der Waals surface area contributed by atoms with Crippen molar-refractivity contribution in [3.05, 3.63) is 57.5 Å². The highest BCUT2D eigenvalue weighted by Gasteiger charge is 2.42. The molecule has 2 N–H and O–H groups in total. The van der Waals surface area contributed by atoms with E-state index in [9.17, 15) is 22.8 Å². The van der Waals surface area contributed by atoms with Crippen LogP contribution in [0.2, 0.25) is 0 Å². The van der Waals surface area contributed by atoms with Gasteiger partial charge in [0.05, 0.1) is 24.2 Å². The van der Waals surface area contributed by atoms with Gasteiger partial charge in [-0.2, -0.15) is 13.2 Å². The Morgan fingerprint density at radius 2 is 1.81 bits per heavy atom. The molecule has 1 aromatic carbocycles. The summed E-state index contributed by atoms with van der Waals surface area (Å²) in [7, 11) is 0. The van der Waals surface area contributed by atoms with Crippen molar-refractivity contribution in [1.29, 1.82) is 0 Å². The van der Waals surface area contributed by atoms with Crippen LogP contribution in [0.15, 0.2) is 35.1 Å². The summed E-state index contributed by atoms with van der Waals surface area (Å²) in [5, 5.41) is 0. The number of hydrogen-bond donors (Lipinski definition) is 1. The predicted octanol–water partition coefficient (Wildman–Crippen LogP) is 4.83. The fourth-order valence-electron chi connectivity index (χ4n) is 5.44. The van der Waals surface area contributed by atoms with Gasteiger partial charge in [-0.3, -0.25) is 9.36 Å². The largest absolute Gasteiger partial charge is 0.446 e. The van der Waals surface area contributed by atoms with Crippen LogP contribution in [0.25, 0.3) is 0 Å². The quantitative estimate of drug-likeness (QED) is 0.630. The number of rotatable bonds is 5. The van der Waals surface area contributed by atoms with E-state index in [0.717, 1.165) is 24.8 Å². The number of anilines is 1. The molecule has 194 valence electrons. The summed E-state index contributed by atoms with van der Waals surface area (Å²) in [5.74, 6) is -0.647. The number of aromatic nitrogens is 2. The zero-order valence-corrected chi connectivity index (χ0v) is 20.0. The highest BCUT2D eigenvalue weighted by molar-refractivity contribution is 5.68. The molecule has 1 aliphatic heterocycles. The average molecular weight is 505 g/mol. The summed E-state index contributed by atoms with van der Waals surface area (Å²) in [6, 6.07) is 9.63. The topological polar surface area (TPSA) is 90.5 Å². The van der Waals surface area contributed by atoms with E-state index in [1.54, 1.807) is 4.57 Å². The Bertz CT molecular complexity index is 1160. The van der Waals surface area contributed by atoms with Gasteiger partial charge in [-0.15, -0.1) is 0 Å². The molecule has 36 heavy (non-hydrogen) atoms. The molecule has 0 radical (unpaired) electrons. The number of benzene rings is 1. The van der Waals surface area contributed by atoms with Gasteiger partial charge >= 0.3 is 12.3 Å². The van der Waals surface area contributed by atoms with E-state index in [1.165, 1.54) is 4.90 Å². The Morgan fingerprint density at radius 1 is 1.11 bits per heavy atom. The second-order valence-corrected chi connectivity index (χ2v) is 10.2. The maximum absolute atomic E-state index is 13.6. The average Bonchev–Trinajstić information content (AvgIpc) is 3.67. The monoisotopic (exact) mass is 504 g/mol. The van der Waals surface area contributed by atoms with E-state index in [2.05, 4.69) is 4.98 Å². The van der Waals surface area contributed by atoms with Gasteiger partial charge in [0.25, 0.3) is 5.56 Å². The summed E-state index contributed by atoms with van der Waals surface area (Å²) >= 11 is 0. The molecule has 1 aromatic heterocycles. The van der Waals surface area contributed by atoms with E-state index in [-0.39, 0.29) is 56.3 Å². The Kier molecular flexibility index (Phi) is 6.70. The van der Waals surface area contributed by atoms with Crippen LogP contribution in [0.4, 0.5) is 23.9 Å². The molecular formula is C26H31F3N4O3. The first-order chi connectivity index (χ1) is 17.2. The van der Waals surface area contributed by atoms with Crippen LogP contribution < -0.4 is 11.3 Å². The fraction of sp³-hybridized carbons (Fsp3) is 0.577. The number of amides is 1. The molecule has 2 fully saturated rings. The van der Waals surface area contributed by atoms with Gasteiger partial charge in [0.2, 0.25) is 5.95 Å². The first-order valence-corrected chi connectivity index (χ1v) is 12.7. The van der Waals surface area contributed by atoms with Crippen molar-refractivity contribution in [2.45, 2.75) is 76.2 Å². The van der Waals surface area contributed by atoms with Gasteiger partial charge in [0, 0.05) is 12.1 Å². The molecule has 10 heteroatoms. The standard InChI is InChI=1S/C26H31F3N4O3/c27-26(28,29)18-8-10-19(11-9-18)36-25(35)32-13-12-20-21(15-32)31-24(30)33(23(20)34)22(14-16-6-7-16)17-4-2-1-3-5-17/h1-5,16,18-19,22H,6-15H2,(H2,30,31)/t18-,19-,22?. The Hall–Kier alpha value is -3.04. The SMILES string of the molecule is Nc1nc2c(c(=O)n1C(CC1CC1)c1ccccc1)CCN(C(=O)O[C@H]1CC[C@H](C(F)(F)F)CC1)C2. The van der Waals surface area contributed by atoms with Crippen molar-refractivity contribution in [3.8, 4) is 0 Å². The Labute approximate surface area is 207 Å². The van der Waals surface area contributed by atoms with E-state index in [0.29, 0.717) is 23.6 Å². The zero-order chi connectivity index (χ0) is 25.4. The predicted molar refractivity (Wildman–Crippen MR) is 127 cm³/mol. The van der Waals surface area contributed by atoms with Crippen molar-refractivity contribution >= 4 is 12.0 Å². The van der Waals surface area contributed by atoms with E-state index >= 15 is 0 Å². The molecule has 7 nitrogen and oxygen atoms in total. The maximum atomic E-state index is 13.6. The second-order valence-electron chi connectivity index (χ2n) is 10.2. The van der Waals surface area contributed by atoms with Gasteiger partial charge in [-0.1, -0.05) is 43.2 Å². The van der Waals surface area contributed by atoms with Crippen molar-refractivity contribution in [2.75, 3.05) is 12.3 Å². The summed E-state index contributed by atoms with van der Waals surface area (Å²) in [4.78, 5) is 32.3. The number of nitrogen functional groups attached to an aromatic ring is 1. The molecule has 2 aromatic rings. The third kappa shape index (κ3) is 5.22. The smallest absolute Gasteiger partial charge is 0.410 e. The van der Waals surface area contributed by atoms with Crippen LogP contribution in [0.3, 0.4) is 0 Å². The van der Waals surface area contributed by atoms with Crippen molar-refractivity contribution in [1.82, 2.24) is 14.5 Å². The maximum Gasteiger partial charge on any atom is 0.410 e.